The number of halogens is 3. The van der Waals surface area contributed by atoms with Crippen LogP contribution in [0.25, 0.3) is 0 Å². The zero-order valence-corrected chi connectivity index (χ0v) is 10.4. The van der Waals surface area contributed by atoms with Crippen molar-refractivity contribution >= 4 is 51.6 Å². The highest BCUT2D eigenvalue weighted by molar-refractivity contribution is 14.1. The summed E-state index contributed by atoms with van der Waals surface area (Å²) in [5.41, 5.74) is 0.558. The Kier molecular flexibility index (Phi) is 4.49. The lowest BCUT2D eigenvalue weighted by Crippen LogP contribution is -2.00. The van der Waals surface area contributed by atoms with E-state index in [1.54, 1.807) is 12.1 Å². The fraction of sp³-hybridized carbons (Fsp3) is 0.222. The van der Waals surface area contributed by atoms with Crippen LogP contribution in [-0.4, -0.2) is 11.7 Å². The van der Waals surface area contributed by atoms with Gasteiger partial charge in [-0.3, -0.25) is 4.79 Å². The van der Waals surface area contributed by atoms with Crippen molar-refractivity contribution < 1.29 is 4.79 Å². The summed E-state index contributed by atoms with van der Waals surface area (Å²) in [5.74, 6) is 0.331. The first-order valence-electron chi connectivity index (χ1n) is 3.69. The first-order chi connectivity index (χ1) is 6.15. The number of rotatable bonds is 3. The smallest absolute Gasteiger partial charge is 0.165 e. The predicted molar refractivity (Wildman–Crippen MR) is 63.8 cm³/mol. The third-order valence-electron chi connectivity index (χ3n) is 1.55. The number of carbonyl (C=O) groups is 1. The fourth-order valence-corrected chi connectivity index (χ4v) is 2.07. The van der Waals surface area contributed by atoms with E-state index in [1.807, 2.05) is 6.07 Å². The molecule has 70 valence electrons. The van der Waals surface area contributed by atoms with E-state index >= 15 is 0 Å². The molecule has 0 aromatic heterocycles. The molecule has 0 aliphatic carbocycles. The highest BCUT2D eigenvalue weighted by Gasteiger charge is 2.09. The van der Waals surface area contributed by atoms with Crippen molar-refractivity contribution in [3.63, 3.8) is 0 Å². The molecule has 0 aliphatic heterocycles. The van der Waals surface area contributed by atoms with Gasteiger partial charge in [-0.2, -0.15) is 0 Å². The molecule has 13 heavy (non-hydrogen) atoms. The monoisotopic (exact) mass is 328 g/mol. The van der Waals surface area contributed by atoms with Gasteiger partial charge in [-0.15, -0.1) is 11.6 Å². The van der Waals surface area contributed by atoms with Crippen LogP contribution in [0.15, 0.2) is 18.2 Å². The third kappa shape index (κ3) is 3.11. The molecule has 0 atom stereocenters. The Morgan fingerprint density at radius 3 is 2.69 bits per heavy atom. The highest BCUT2D eigenvalue weighted by Crippen LogP contribution is 2.20. The molecule has 0 saturated heterocycles. The average molecular weight is 329 g/mol. The zero-order chi connectivity index (χ0) is 9.84. The van der Waals surface area contributed by atoms with Crippen molar-refractivity contribution in [1.29, 1.82) is 0 Å². The zero-order valence-electron chi connectivity index (χ0n) is 6.69. The second-order valence-corrected chi connectivity index (χ2v) is 4.52. The summed E-state index contributed by atoms with van der Waals surface area (Å²) in [6.45, 7) is 0. The molecule has 1 nitrogen and oxygen atoms in total. The van der Waals surface area contributed by atoms with Crippen LogP contribution in [0.4, 0.5) is 0 Å². The summed E-state index contributed by atoms with van der Waals surface area (Å²) in [5, 5.41) is 0.502. The van der Waals surface area contributed by atoms with Crippen molar-refractivity contribution in [3.05, 3.63) is 32.4 Å². The van der Waals surface area contributed by atoms with E-state index in [1.165, 1.54) is 0 Å². The lowest BCUT2D eigenvalue weighted by Gasteiger charge is -2.01. The molecule has 0 heterocycles. The third-order valence-corrected chi connectivity index (χ3v) is 2.73. The van der Waals surface area contributed by atoms with Gasteiger partial charge in [0.25, 0.3) is 0 Å². The first kappa shape index (κ1) is 11.3. The van der Waals surface area contributed by atoms with E-state index in [9.17, 15) is 4.79 Å². The highest BCUT2D eigenvalue weighted by atomic mass is 127. The van der Waals surface area contributed by atoms with Crippen molar-refractivity contribution in [2.75, 3.05) is 5.88 Å². The average Bonchev–Trinajstić information content (AvgIpc) is 2.04. The normalized spacial score (nSPS) is 10.1. The van der Waals surface area contributed by atoms with Crippen LogP contribution in [0, 0.1) is 3.57 Å². The molecule has 0 spiro atoms. The number of hydrogen-bond donors (Lipinski definition) is 0. The Labute approximate surface area is 101 Å². The maximum absolute atomic E-state index is 11.4. The van der Waals surface area contributed by atoms with E-state index in [2.05, 4.69) is 22.6 Å². The Balaban J connectivity index is 2.95. The Morgan fingerprint density at radius 2 is 2.15 bits per heavy atom. The van der Waals surface area contributed by atoms with Crippen LogP contribution in [0.5, 0.6) is 0 Å². The van der Waals surface area contributed by atoms with Gasteiger partial charge in [0.05, 0.1) is 5.02 Å². The van der Waals surface area contributed by atoms with Crippen molar-refractivity contribution in [1.82, 2.24) is 0 Å². The number of benzene rings is 1. The van der Waals surface area contributed by atoms with Gasteiger partial charge in [0, 0.05) is 21.4 Å². The fourth-order valence-electron chi connectivity index (χ4n) is 0.936. The number of Topliss-reactive ketones (excluding diaryl/α,β-unsaturated/α-hetero) is 1. The van der Waals surface area contributed by atoms with Crippen molar-refractivity contribution in [2.45, 2.75) is 6.42 Å². The van der Waals surface area contributed by atoms with Gasteiger partial charge >= 0.3 is 0 Å². The molecule has 1 aromatic carbocycles. The lowest BCUT2D eigenvalue weighted by atomic mass is 10.1. The molecule has 0 N–H and O–H groups in total. The van der Waals surface area contributed by atoms with E-state index in [0.29, 0.717) is 22.9 Å². The number of ketones is 1. The molecule has 0 radical (unpaired) electrons. The lowest BCUT2D eigenvalue weighted by molar-refractivity contribution is 0.0989. The Hall–Kier alpha value is 0.200. The SMILES string of the molecule is O=C(CCCl)c1ccc(I)cc1Cl. The maximum atomic E-state index is 11.4. The quantitative estimate of drug-likeness (QED) is 0.469. The van der Waals surface area contributed by atoms with Crippen LogP contribution in [-0.2, 0) is 0 Å². The molecule has 0 saturated carbocycles. The van der Waals surface area contributed by atoms with Crippen LogP contribution >= 0.6 is 45.8 Å². The standard InChI is InChI=1S/C9H7Cl2IO/c10-4-3-9(13)7-2-1-6(12)5-8(7)11/h1-2,5H,3-4H2. The second-order valence-electron chi connectivity index (χ2n) is 2.49. The summed E-state index contributed by atoms with van der Waals surface area (Å²) in [6.07, 6.45) is 0.335. The summed E-state index contributed by atoms with van der Waals surface area (Å²) >= 11 is 13.5. The van der Waals surface area contributed by atoms with E-state index in [-0.39, 0.29) is 5.78 Å². The molecule has 0 bridgehead atoms. The number of alkyl halides is 1. The van der Waals surface area contributed by atoms with Gasteiger partial charge in [-0.05, 0) is 40.8 Å². The van der Waals surface area contributed by atoms with E-state index < -0.39 is 0 Å². The van der Waals surface area contributed by atoms with Gasteiger partial charge < -0.3 is 0 Å². The summed E-state index contributed by atoms with van der Waals surface area (Å²) in [4.78, 5) is 11.4. The van der Waals surface area contributed by atoms with Crippen LogP contribution in [0.1, 0.15) is 16.8 Å². The van der Waals surface area contributed by atoms with E-state index in [0.717, 1.165) is 3.57 Å². The minimum atomic E-state index is -0.00333. The second kappa shape index (κ2) is 5.17. The molecule has 0 amide bonds. The van der Waals surface area contributed by atoms with Gasteiger partial charge in [-0.1, -0.05) is 11.6 Å². The number of carbonyl (C=O) groups excluding carboxylic acids is 1. The summed E-state index contributed by atoms with van der Waals surface area (Å²) in [7, 11) is 0. The minimum absolute atomic E-state index is 0.00333. The van der Waals surface area contributed by atoms with Crippen LogP contribution in [0.2, 0.25) is 5.02 Å². The minimum Gasteiger partial charge on any atom is -0.294 e. The molecule has 4 heteroatoms. The van der Waals surface area contributed by atoms with E-state index in [4.69, 9.17) is 23.2 Å². The molecular weight excluding hydrogens is 322 g/mol. The summed E-state index contributed by atoms with van der Waals surface area (Å²) < 4.78 is 1.02. The molecular formula is C9H7Cl2IO. The largest absolute Gasteiger partial charge is 0.294 e. The Bertz CT molecular complexity index is 325. The van der Waals surface area contributed by atoms with Gasteiger partial charge in [-0.25, -0.2) is 0 Å². The van der Waals surface area contributed by atoms with Crippen LogP contribution < -0.4 is 0 Å². The first-order valence-corrected chi connectivity index (χ1v) is 5.68. The molecule has 0 fully saturated rings. The topological polar surface area (TPSA) is 17.1 Å². The maximum Gasteiger partial charge on any atom is 0.165 e. The molecule has 1 aromatic rings. The number of hydrogen-bond acceptors (Lipinski definition) is 1. The summed E-state index contributed by atoms with van der Waals surface area (Å²) in [6, 6.07) is 5.36. The molecule has 0 aliphatic rings. The molecule has 1 rings (SSSR count). The predicted octanol–water partition coefficient (Wildman–Crippen LogP) is 3.76. The van der Waals surface area contributed by atoms with Crippen LogP contribution in [0.3, 0.4) is 0 Å². The van der Waals surface area contributed by atoms with Crippen molar-refractivity contribution in [2.24, 2.45) is 0 Å². The Morgan fingerprint density at radius 1 is 1.46 bits per heavy atom. The van der Waals surface area contributed by atoms with Gasteiger partial charge in [0.1, 0.15) is 0 Å². The van der Waals surface area contributed by atoms with Crippen molar-refractivity contribution in [3.8, 4) is 0 Å². The van der Waals surface area contributed by atoms with Gasteiger partial charge in [0.15, 0.2) is 5.78 Å². The molecule has 0 unspecified atom stereocenters. The van der Waals surface area contributed by atoms with Gasteiger partial charge in [0.2, 0.25) is 0 Å².